The summed E-state index contributed by atoms with van der Waals surface area (Å²) in [6.45, 7) is 0.600. The molecule has 6 N–H and O–H groups in total. The number of aliphatic carboxylic acids is 1. The summed E-state index contributed by atoms with van der Waals surface area (Å²) in [7, 11) is 0. The summed E-state index contributed by atoms with van der Waals surface area (Å²) >= 11 is 0. The Morgan fingerprint density at radius 3 is 2.24 bits per heavy atom. The molecule has 8 heteroatoms. The molecular weight excluding hydrogens is 374 g/mol. The fraction of sp³-hybridized carbons (Fsp3) is 0.286. The van der Waals surface area contributed by atoms with Crippen molar-refractivity contribution in [2.24, 2.45) is 11.5 Å². The summed E-state index contributed by atoms with van der Waals surface area (Å²) < 4.78 is 5.12. The van der Waals surface area contributed by atoms with Crippen molar-refractivity contribution in [1.82, 2.24) is 5.32 Å². The summed E-state index contributed by atoms with van der Waals surface area (Å²) in [6.07, 6.45) is -0.293. The van der Waals surface area contributed by atoms with E-state index in [4.69, 9.17) is 16.2 Å². The number of ketones is 1. The van der Waals surface area contributed by atoms with Gasteiger partial charge in [0.25, 0.3) is 0 Å². The van der Waals surface area contributed by atoms with Crippen molar-refractivity contribution in [2.75, 3.05) is 6.54 Å². The van der Waals surface area contributed by atoms with Crippen molar-refractivity contribution in [3.8, 4) is 0 Å². The average molecular weight is 399 g/mol. The Morgan fingerprint density at radius 2 is 1.66 bits per heavy atom. The van der Waals surface area contributed by atoms with E-state index in [1.54, 1.807) is 12.1 Å². The van der Waals surface area contributed by atoms with Gasteiger partial charge in [-0.1, -0.05) is 54.6 Å². The predicted molar refractivity (Wildman–Crippen MR) is 107 cm³/mol. The highest BCUT2D eigenvalue weighted by atomic mass is 16.5. The summed E-state index contributed by atoms with van der Waals surface area (Å²) in [5, 5.41) is 12.0. The normalized spacial score (nSPS) is 12.6. The number of carbonyl (C=O) groups is 3. The third-order valence-corrected chi connectivity index (χ3v) is 4.43. The standard InChI is InChI=1S/C21H25N3O5/c22-12-4-11-21(23,19(26)27)18(25)17-9-7-15(8-10-17)13-24-20(28)29-14-16-5-2-1-3-6-16/h1-3,5-10H,4,11-14,22-23H2,(H,24,28)(H,26,27)/t21-/m1/s1. The first-order chi connectivity index (χ1) is 13.9. The van der Waals surface area contributed by atoms with Gasteiger partial charge in [0.2, 0.25) is 0 Å². The van der Waals surface area contributed by atoms with Crippen LogP contribution in [-0.2, 0) is 22.7 Å². The van der Waals surface area contributed by atoms with Gasteiger partial charge < -0.3 is 26.6 Å². The molecule has 0 unspecified atom stereocenters. The number of nitrogens with two attached hydrogens (primary N) is 2. The number of nitrogens with one attached hydrogen (secondary N) is 1. The summed E-state index contributed by atoms with van der Waals surface area (Å²) in [6, 6.07) is 15.5. The zero-order valence-electron chi connectivity index (χ0n) is 16.0. The minimum absolute atomic E-state index is 0.0474. The lowest BCUT2D eigenvalue weighted by Gasteiger charge is -2.23. The van der Waals surface area contributed by atoms with E-state index in [-0.39, 0.29) is 31.7 Å². The predicted octanol–water partition coefficient (Wildman–Crippen LogP) is 1.82. The van der Waals surface area contributed by atoms with Crippen LogP contribution in [0.4, 0.5) is 4.79 Å². The molecule has 8 nitrogen and oxygen atoms in total. The number of rotatable bonds is 10. The number of hydrogen-bond donors (Lipinski definition) is 4. The Bertz CT molecular complexity index is 839. The van der Waals surface area contributed by atoms with E-state index in [0.717, 1.165) is 11.1 Å². The first-order valence-corrected chi connectivity index (χ1v) is 9.17. The van der Waals surface area contributed by atoms with Crippen LogP contribution in [0.5, 0.6) is 0 Å². The molecule has 0 radical (unpaired) electrons. The molecule has 0 saturated carbocycles. The van der Waals surface area contributed by atoms with Crippen LogP contribution in [0.2, 0.25) is 0 Å². The van der Waals surface area contributed by atoms with Crippen LogP contribution in [-0.4, -0.2) is 35.0 Å². The Labute approximate surface area is 168 Å². The van der Waals surface area contributed by atoms with Crippen LogP contribution in [0.1, 0.15) is 34.3 Å². The van der Waals surface area contributed by atoms with Crippen molar-refractivity contribution in [2.45, 2.75) is 31.5 Å². The molecule has 0 aromatic heterocycles. The summed E-state index contributed by atoms with van der Waals surface area (Å²) in [4.78, 5) is 35.9. The summed E-state index contributed by atoms with van der Waals surface area (Å²) in [5.41, 5.74) is 11.0. The maximum absolute atomic E-state index is 12.6. The number of carboxylic acids is 1. The van der Waals surface area contributed by atoms with E-state index < -0.39 is 23.4 Å². The SMILES string of the molecule is NCCC[C@](N)(C(=O)O)C(=O)c1ccc(CNC(=O)OCc2ccccc2)cc1. The Morgan fingerprint density at radius 1 is 1.00 bits per heavy atom. The van der Waals surface area contributed by atoms with Gasteiger partial charge in [-0.3, -0.25) is 4.79 Å². The molecule has 1 amide bonds. The monoisotopic (exact) mass is 399 g/mol. The molecule has 29 heavy (non-hydrogen) atoms. The van der Waals surface area contributed by atoms with Crippen LogP contribution in [0, 0.1) is 0 Å². The third-order valence-electron chi connectivity index (χ3n) is 4.43. The van der Waals surface area contributed by atoms with Crippen molar-refractivity contribution in [3.05, 3.63) is 71.3 Å². The second-order valence-corrected chi connectivity index (χ2v) is 6.61. The molecule has 0 spiro atoms. The molecule has 0 aliphatic carbocycles. The number of carbonyl (C=O) groups excluding carboxylic acids is 2. The van der Waals surface area contributed by atoms with Gasteiger partial charge in [0.15, 0.2) is 11.3 Å². The molecule has 154 valence electrons. The first kappa shape index (κ1) is 22.1. The second kappa shape index (κ2) is 10.4. The lowest BCUT2D eigenvalue weighted by molar-refractivity contribution is -0.141. The minimum atomic E-state index is -2.01. The van der Waals surface area contributed by atoms with E-state index in [9.17, 15) is 19.5 Å². The van der Waals surface area contributed by atoms with Gasteiger partial charge in [0.05, 0.1) is 0 Å². The number of amides is 1. The van der Waals surface area contributed by atoms with Gasteiger partial charge in [0.1, 0.15) is 6.61 Å². The van der Waals surface area contributed by atoms with Gasteiger partial charge in [-0.15, -0.1) is 0 Å². The van der Waals surface area contributed by atoms with Crippen LogP contribution < -0.4 is 16.8 Å². The lowest BCUT2D eigenvalue weighted by atomic mass is 9.85. The zero-order chi connectivity index (χ0) is 21.3. The second-order valence-electron chi connectivity index (χ2n) is 6.61. The molecule has 2 aromatic carbocycles. The van der Waals surface area contributed by atoms with E-state index in [2.05, 4.69) is 5.32 Å². The number of alkyl carbamates (subject to hydrolysis) is 1. The van der Waals surface area contributed by atoms with Crippen LogP contribution in [0.3, 0.4) is 0 Å². The highest BCUT2D eigenvalue weighted by molar-refractivity contribution is 6.15. The van der Waals surface area contributed by atoms with E-state index in [0.29, 0.717) is 6.42 Å². The molecule has 0 heterocycles. The molecule has 2 rings (SSSR count). The largest absolute Gasteiger partial charge is 0.480 e. The number of benzene rings is 2. The quantitative estimate of drug-likeness (QED) is 0.352. The molecule has 0 aliphatic rings. The maximum Gasteiger partial charge on any atom is 0.407 e. The Hall–Kier alpha value is -3.23. The average Bonchev–Trinajstić information content (AvgIpc) is 2.75. The third kappa shape index (κ3) is 6.13. The zero-order valence-corrected chi connectivity index (χ0v) is 16.0. The number of Topliss-reactive ketones (excluding diaryl/α,β-unsaturated/α-hetero) is 1. The van der Waals surface area contributed by atoms with Crippen molar-refractivity contribution in [3.63, 3.8) is 0 Å². The van der Waals surface area contributed by atoms with Crippen LogP contribution >= 0.6 is 0 Å². The molecule has 1 atom stereocenters. The van der Waals surface area contributed by atoms with Crippen LogP contribution in [0.15, 0.2) is 54.6 Å². The number of hydrogen-bond acceptors (Lipinski definition) is 6. The summed E-state index contributed by atoms with van der Waals surface area (Å²) in [5.74, 6) is -2.07. The van der Waals surface area contributed by atoms with Gasteiger partial charge in [-0.05, 0) is 30.5 Å². The molecule has 0 aliphatic heterocycles. The molecule has 2 aromatic rings. The fourth-order valence-corrected chi connectivity index (χ4v) is 2.68. The van der Waals surface area contributed by atoms with Gasteiger partial charge in [0, 0.05) is 12.1 Å². The lowest BCUT2D eigenvalue weighted by Crippen LogP contribution is -2.55. The number of ether oxygens (including phenoxy) is 1. The van der Waals surface area contributed by atoms with Gasteiger partial charge in [-0.2, -0.15) is 0 Å². The van der Waals surface area contributed by atoms with Gasteiger partial charge >= 0.3 is 12.1 Å². The molecule has 0 fully saturated rings. The van der Waals surface area contributed by atoms with E-state index in [1.807, 2.05) is 30.3 Å². The maximum atomic E-state index is 12.6. The topological polar surface area (TPSA) is 145 Å². The Kier molecular flexibility index (Phi) is 7.88. The minimum Gasteiger partial charge on any atom is -0.480 e. The smallest absolute Gasteiger partial charge is 0.407 e. The highest BCUT2D eigenvalue weighted by Gasteiger charge is 2.41. The van der Waals surface area contributed by atoms with E-state index >= 15 is 0 Å². The number of carboxylic acid groups (broad SMARTS) is 1. The van der Waals surface area contributed by atoms with E-state index in [1.165, 1.54) is 12.1 Å². The molecule has 0 saturated heterocycles. The first-order valence-electron chi connectivity index (χ1n) is 9.17. The van der Waals surface area contributed by atoms with Crippen LogP contribution in [0.25, 0.3) is 0 Å². The van der Waals surface area contributed by atoms with Crippen molar-refractivity contribution < 1.29 is 24.2 Å². The van der Waals surface area contributed by atoms with Crippen molar-refractivity contribution in [1.29, 1.82) is 0 Å². The van der Waals surface area contributed by atoms with Gasteiger partial charge in [-0.25, -0.2) is 9.59 Å². The van der Waals surface area contributed by atoms with Crippen molar-refractivity contribution >= 4 is 17.8 Å². The highest BCUT2D eigenvalue weighted by Crippen LogP contribution is 2.18. The molecule has 0 bridgehead atoms. The fourth-order valence-electron chi connectivity index (χ4n) is 2.68. The Balaban J connectivity index is 1.91. The molecular formula is C21H25N3O5.